The van der Waals surface area contributed by atoms with Crippen LogP contribution in [0.15, 0.2) is 48.5 Å². The lowest BCUT2D eigenvalue weighted by Gasteiger charge is -2.06. The van der Waals surface area contributed by atoms with Gasteiger partial charge in [-0.3, -0.25) is 0 Å². The zero-order valence-electron chi connectivity index (χ0n) is 8.89. The van der Waals surface area contributed by atoms with Gasteiger partial charge >= 0.3 is 5.97 Å². The fourth-order valence-corrected chi connectivity index (χ4v) is 1.56. The van der Waals surface area contributed by atoms with E-state index in [1.807, 2.05) is 6.07 Å². The van der Waals surface area contributed by atoms with Crippen LogP contribution < -0.4 is 10.5 Å². The molecule has 4 heteroatoms. The number of benzene rings is 2. The Balaban J connectivity index is 2.19. The SMILES string of the molecule is Nc1ccc(OC(=O)c2ccccc2)c(Cl)c1. The molecule has 0 heterocycles. The Bertz CT molecular complexity index is 540. The molecule has 0 aliphatic rings. The monoisotopic (exact) mass is 247 g/mol. The average molecular weight is 248 g/mol. The largest absolute Gasteiger partial charge is 0.421 e. The van der Waals surface area contributed by atoms with Crippen LogP contribution in [0.25, 0.3) is 0 Å². The van der Waals surface area contributed by atoms with Crippen molar-refractivity contribution in [2.45, 2.75) is 0 Å². The highest BCUT2D eigenvalue weighted by Gasteiger charge is 2.10. The number of nitrogen functional groups attached to an aromatic ring is 1. The van der Waals surface area contributed by atoms with Crippen LogP contribution in [0.1, 0.15) is 10.4 Å². The first-order valence-electron chi connectivity index (χ1n) is 4.99. The minimum Gasteiger partial charge on any atom is -0.421 e. The Hall–Kier alpha value is -2.00. The molecule has 0 aliphatic heterocycles. The molecule has 0 saturated heterocycles. The van der Waals surface area contributed by atoms with Gasteiger partial charge in [0.15, 0.2) is 0 Å². The van der Waals surface area contributed by atoms with E-state index in [1.54, 1.807) is 36.4 Å². The topological polar surface area (TPSA) is 52.3 Å². The maximum absolute atomic E-state index is 11.7. The van der Waals surface area contributed by atoms with E-state index in [2.05, 4.69) is 0 Å². The van der Waals surface area contributed by atoms with Crippen molar-refractivity contribution in [1.82, 2.24) is 0 Å². The third-order valence-corrected chi connectivity index (χ3v) is 2.46. The van der Waals surface area contributed by atoms with Crippen molar-refractivity contribution < 1.29 is 9.53 Å². The van der Waals surface area contributed by atoms with E-state index in [-0.39, 0.29) is 0 Å². The molecule has 0 radical (unpaired) electrons. The van der Waals surface area contributed by atoms with Crippen LogP contribution in [0.2, 0.25) is 5.02 Å². The first kappa shape index (κ1) is 11.5. The van der Waals surface area contributed by atoms with E-state index in [4.69, 9.17) is 22.1 Å². The van der Waals surface area contributed by atoms with E-state index in [0.717, 1.165) is 0 Å². The van der Waals surface area contributed by atoms with Gasteiger partial charge in [-0.2, -0.15) is 0 Å². The van der Waals surface area contributed by atoms with Crippen molar-refractivity contribution in [2.75, 3.05) is 5.73 Å². The summed E-state index contributed by atoms with van der Waals surface area (Å²) < 4.78 is 5.16. The molecule has 3 nitrogen and oxygen atoms in total. The third kappa shape index (κ3) is 2.77. The van der Waals surface area contributed by atoms with Gasteiger partial charge in [-0.05, 0) is 30.3 Å². The number of hydrogen-bond donors (Lipinski definition) is 1. The Kier molecular flexibility index (Phi) is 3.30. The minimum absolute atomic E-state index is 0.301. The molecular formula is C13H10ClNO2. The molecule has 2 rings (SSSR count). The summed E-state index contributed by atoms with van der Waals surface area (Å²) in [5, 5.41) is 0.314. The van der Waals surface area contributed by atoms with Gasteiger partial charge < -0.3 is 10.5 Å². The highest BCUT2D eigenvalue weighted by Crippen LogP contribution is 2.27. The Morgan fingerprint density at radius 3 is 2.47 bits per heavy atom. The molecule has 2 aromatic rings. The van der Waals surface area contributed by atoms with Crippen molar-refractivity contribution in [3.63, 3.8) is 0 Å². The van der Waals surface area contributed by atoms with Crippen molar-refractivity contribution in [2.24, 2.45) is 0 Å². The third-order valence-electron chi connectivity index (χ3n) is 2.17. The number of esters is 1. The molecule has 0 unspecified atom stereocenters. The summed E-state index contributed by atoms with van der Waals surface area (Å²) in [5.74, 6) is -0.146. The zero-order valence-corrected chi connectivity index (χ0v) is 9.65. The van der Waals surface area contributed by atoms with E-state index < -0.39 is 5.97 Å². The highest BCUT2D eigenvalue weighted by molar-refractivity contribution is 6.32. The summed E-state index contributed by atoms with van der Waals surface area (Å²) in [7, 11) is 0. The standard InChI is InChI=1S/C13H10ClNO2/c14-11-8-10(15)6-7-12(11)17-13(16)9-4-2-1-3-5-9/h1-8H,15H2. The lowest BCUT2D eigenvalue weighted by atomic mass is 10.2. The Morgan fingerprint density at radius 2 is 1.82 bits per heavy atom. The molecule has 17 heavy (non-hydrogen) atoms. The molecule has 0 aromatic heterocycles. The van der Waals surface area contributed by atoms with Crippen LogP contribution in [0.3, 0.4) is 0 Å². The first-order valence-corrected chi connectivity index (χ1v) is 5.37. The zero-order chi connectivity index (χ0) is 12.3. The molecule has 0 fully saturated rings. The number of rotatable bonds is 2. The molecule has 0 atom stereocenters. The van der Waals surface area contributed by atoms with Gasteiger partial charge in [0.1, 0.15) is 5.75 Å². The summed E-state index contributed by atoms with van der Waals surface area (Å²) in [5.41, 5.74) is 6.54. The normalized spacial score (nSPS) is 9.94. The van der Waals surface area contributed by atoms with Gasteiger partial charge in [-0.1, -0.05) is 29.8 Å². The first-order chi connectivity index (χ1) is 8.16. The second kappa shape index (κ2) is 4.89. The van der Waals surface area contributed by atoms with Crippen molar-refractivity contribution in [3.05, 3.63) is 59.1 Å². The Labute approximate surface area is 104 Å². The van der Waals surface area contributed by atoms with Crippen LogP contribution in [-0.4, -0.2) is 5.97 Å². The average Bonchev–Trinajstić information content (AvgIpc) is 2.34. The molecule has 0 saturated carbocycles. The highest BCUT2D eigenvalue weighted by atomic mass is 35.5. The van der Waals surface area contributed by atoms with Gasteiger partial charge in [0.05, 0.1) is 10.6 Å². The summed E-state index contributed by atoms with van der Waals surface area (Å²) in [4.78, 5) is 11.7. The van der Waals surface area contributed by atoms with Gasteiger partial charge in [0, 0.05) is 5.69 Å². The van der Waals surface area contributed by atoms with Crippen molar-refractivity contribution >= 4 is 23.3 Å². The molecule has 86 valence electrons. The number of hydrogen-bond acceptors (Lipinski definition) is 3. The summed E-state index contributed by atoms with van der Waals surface area (Å²) in [6, 6.07) is 13.4. The van der Waals surface area contributed by atoms with Crippen LogP contribution in [0.5, 0.6) is 5.75 Å². The number of carbonyl (C=O) groups is 1. The quantitative estimate of drug-likeness (QED) is 0.504. The molecule has 0 amide bonds. The van der Waals surface area contributed by atoms with Crippen molar-refractivity contribution in [1.29, 1.82) is 0 Å². The van der Waals surface area contributed by atoms with Crippen LogP contribution >= 0.6 is 11.6 Å². The van der Waals surface area contributed by atoms with E-state index in [0.29, 0.717) is 22.0 Å². The summed E-state index contributed by atoms with van der Waals surface area (Å²) >= 11 is 5.90. The fourth-order valence-electron chi connectivity index (χ4n) is 1.33. The second-order valence-electron chi connectivity index (χ2n) is 3.45. The van der Waals surface area contributed by atoms with Gasteiger partial charge in [-0.15, -0.1) is 0 Å². The van der Waals surface area contributed by atoms with Crippen molar-refractivity contribution in [3.8, 4) is 5.75 Å². The predicted molar refractivity (Wildman–Crippen MR) is 67.3 cm³/mol. The maximum Gasteiger partial charge on any atom is 0.343 e. The van der Waals surface area contributed by atoms with E-state index >= 15 is 0 Å². The number of ether oxygens (including phenoxy) is 1. The summed E-state index contributed by atoms with van der Waals surface area (Å²) in [6.45, 7) is 0. The number of halogens is 1. The lowest BCUT2D eigenvalue weighted by molar-refractivity contribution is 0.0735. The number of anilines is 1. The van der Waals surface area contributed by atoms with Crippen LogP contribution in [-0.2, 0) is 0 Å². The van der Waals surface area contributed by atoms with E-state index in [1.165, 1.54) is 6.07 Å². The van der Waals surface area contributed by atoms with Gasteiger partial charge in [0.25, 0.3) is 0 Å². The van der Waals surface area contributed by atoms with E-state index in [9.17, 15) is 4.79 Å². The Morgan fingerprint density at radius 1 is 1.12 bits per heavy atom. The molecule has 0 bridgehead atoms. The van der Waals surface area contributed by atoms with Gasteiger partial charge in [-0.25, -0.2) is 4.79 Å². The van der Waals surface area contributed by atoms with Gasteiger partial charge in [0.2, 0.25) is 0 Å². The molecule has 2 aromatic carbocycles. The maximum atomic E-state index is 11.7. The molecule has 0 spiro atoms. The lowest BCUT2D eigenvalue weighted by Crippen LogP contribution is -2.08. The molecular weight excluding hydrogens is 238 g/mol. The minimum atomic E-state index is -0.447. The smallest absolute Gasteiger partial charge is 0.343 e. The van der Waals surface area contributed by atoms with Crippen LogP contribution in [0, 0.1) is 0 Å². The molecule has 2 N–H and O–H groups in total. The van der Waals surface area contributed by atoms with Crippen LogP contribution in [0.4, 0.5) is 5.69 Å². The number of nitrogens with two attached hydrogens (primary N) is 1. The second-order valence-corrected chi connectivity index (χ2v) is 3.85. The predicted octanol–water partition coefficient (Wildman–Crippen LogP) is 3.14. The number of carbonyl (C=O) groups excluding carboxylic acids is 1. The fraction of sp³-hybridized carbons (Fsp3) is 0. The molecule has 0 aliphatic carbocycles. The summed E-state index contributed by atoms with van der Waals surface area (Å²) in [6.07, 6.45) is 0.